The fourth-order valence-corrected chi connectivity index (χ4v) is 3.62. The Bertz CT molecular complexity index is 1440. The second kappa shape index (κ2) is 9.04. The molecule has 5 aromatic rings. The van der Waals surface area contributed by atoms with Gasteiger partial charge in [-0.1, -0.05) is 66.2 Å². The predicted molar refractivity (Wildman–Crippen MR) is 131 cm³/mol. The van der Waals surface area contributed by atoms with E-state index in [2.05, 4.69) is 30.3 Å². The number of aromatic nitrogens is 3. The van der Waals surface area contributed by atoms with Crippen molar-refractivity contribution in [3.8, 4) is 51.4 Å². The van der Waals surface area contributed by atoms with Crippen molar-refractivity contribution in [3.05, 3.63) is 114 Å². The van der Waals surface area contributed by atoms with Crippen molar-refractivity contribution in [1.29, 1.82) is 5.26 Å². The van der Waals surface area contributed by atoms with Crippen molar-refractivity contribution in [2.45, 2.75) is 0 Å². The van der Waals surface area contributed by atoms with E-state index in [-0.39, 0.29) is 0 Å². The molecule has 0 saturated carbocycles. The Kier molecular flexibility index (Phi) is 5.63. The van der Waals surface area contributed by atoms with Gasteiger partial charge >= 0.3 is 0 Å². The standard InChI is InChI=1S/C28H17ClN4/c29-25-16-14-24(15-17-25)28-32-26(22-8-6-19(18-30)7-9-22)31-27(33-28)23-12-10-21(11-13-23)20-4-2-1-3-5-20/h1-17H. The third-order valence-electron chi connectivity index (χ3n) is 5.26. The largest absolute Gasteiger partial charge is 0.208 e. The van der Waals surface area contributed by atoms with Gasteiger partial charge in [-0.2, -0.15) is 5.26 Å². The van der Waals surface area contributed by atoms with Crippen LogP contribution in [0.1, 0.15) is 5.56 Å². The minimum absolute atomic E-state index is 0.543. The molecule has 0 radical (unpaired) electrons. The molecule has 0 aliphatic carbocycles. The van der Waals surface area contributed by atoms with E-state index in [1.807, 2.05) is 66.7 Å². The van der Waals surface area contributed by atoms with Crippen LogP contribution >= 0.6 is 11.6 Å². The Balaban J connectivity index is 1.60. The zero-order valence-electron chi connectivity index (χ0n) is 17.5. The van der Waals surface area contributed by atoms with Gasteiger partial charge < -0.3 is 0 Å². The maximum Gasteiger partial charge on any atom is 0.164 e. The zero-order valence-corrected chi connectivity index (χ0v) is 18.2. The van der Waals surface area contributed by atoms with Gasteiger partial charge in [0.25, 0.3) is 0 Å². The minimum atomic E-state index is 0.543. The molecule has 0 aliphatic heterocycles. The molecule has 4 nitrogen and oxygen atoms in total. The molecule has 1 heterocycles. The quantitative estimate of drug-likeness (QED) is 0.297. The van der Waals surface area contributed by atoms with Crippen LogP contribution in [0.2, 0.25) is 5.02 Å². The van der Waals surface area contributed by atoms with Crippen molar-refractivity contribution < 1.29 is 0 Å². The van der Waals surface area contributed by atoms with Crippen LogP contribution in [-0.4, -0.2) is 15.0 Å². The van der Waals surface area contributed by atoms with Crippen molar-refractivity contribution in [1.82, 2.24) is 15.0 Å². The molecule has 0 unspecified atom stereocenters. The highest BCUT2D eigenvalue weighted by Gasteiger charge is 2.12. The summed E-state index contributed by atoms with van der Waals surface area (Å²) in [6.07, 6.45) is 0. The Labute approximate surface area is 196 Å². The van der Waals surface area contributed by atoms with E-state index in [9.17, 15) is 0 Å². The summed E-state index contributed by atoms with van der Waals surface area (Å²) in [4.78, 5) is 14.2. The lowest BCUT2D eigenvalue weighted by molar-refractivity contribution is 1.07. The van der Waals surface area contributed by atoms with Crippen LogP contribution in [0.3, 0.4) is 0 Å². The Morgan fingerprint density at radius 1 is 0.485 bits per heavy atom. The van der Waals surface area contributed by atoms with E-state index >= 15 is 0 Å². The molecule has 0 saturated heterocycles. The second-order valence-corrected chi connectivity index (χ2v) is 7.88. The Morgan fingerprint density at radius 3 is 1.36 bits per heavy atom. The highest BCUT2D eigenvalue weighted by molar-refractivity contribution is 6.30. The summed E-state index contributed by atoms with van der Waals surface area (Å²) in [5.41, 5.74) is 5.41. The first-order chi connectivity index (χ1) is 16.2. The van der Waals surface area contributed by atoms with Gasteiger partial charge in [0.15, 0.2) is 17.5 Å². The third kappa shape index (κ3) is 4.50. The van der Waals surface area contributed by atoms with E-state index in [0.717, 1.165) is 27.8 Å². The third-order valence-corrected chi connectivity index (χ3v) is 5.51. The van der Waals surface area contributed by atoms with Crippen LogP contribution in [0.4, 0.5) is 0 Å². The summed E-state index contributed by atoms with van der Waals surface area (Å²) in [6.45, 7) is 0. The lowest BCUT2D eigenvalue weighted by Gasteiger charge is -2.09. The van der Waals surface area contributed by atoms with E-state index in [1.54, 1.807) is 12.1 Å². The number of hydrogen-bond acceptors (Lipinski definition) is 4. The summed E-state index contributed by atoms with van der Waals surface area (Å²) in [6, 6.07) is 35.2. The second-order valence-electron chi connectivity index (χ2n) is 7.45. The smallest absolute Gasteiger partial charge is 0.164 e. The number of benzene rings is 4. The van der Waals surface area contributed by atoms with Crippen LogP contribution in [0.5, 0.6) is 0 Å². The Morgan fingerprint density at radius 2 is 0.879 bits per heavy atom. The predicted octanol–water partition coefficient (Wildman–Crippen LogP) is 7.06. The van der Waals surface area contributed by atoms with E-state index in [1.165, 1.54) is 0 Å². The van der Waals surface area contributed by atoms with Crippen LogP contribution in [0, 0.1) is 11.3 Å². The lowest BCUT2D eigenvalue weighted by Crippen LogP contribution is -2.00. The van der Waals surface area contributed by atoms with E-state index in [4.69, 9.17) is 31.8 Å². The van der Waals surface area contributed by atoms with Gasteiger partial charge in [-0.25, -0.2) is 15.0 Å². The molecule has 0 bridgehead atoms. The van der Waals surface area contributed by atoms with Crippen molar-refractivity contribution >= 4 is 11.6 Å². The van der Waals surface area contributed by atoms with Gasteiger partial charge in [0.1, 0.15) is 0 Å². The first-order valence-electron chi connectivity index (χ1n) is 10.4. The molecule has 0 aliphatic rings. The minimum Gasteiger partial charge on any atom is -0.208 e. The van der Waals surface area contributed by atoms with Gasteiger partial charge in [0.2, 0.25) is 0 Å². The molecule has 0 spiro atoms. The molecule has 33 heavy (non-hydrogen) atoms. The van der Waals surface area contributed by atoms with Gasteiger partial charge in [0, 0.05) is 21.7 Å². The molecule has 0 fully saturated rings. The van der Waals surface area contributed by atoms with Crippen LogP contribution in [0.15, 0.2) is 103 Å². The average molecular weight is 445 g/mol. The lowest BCUT2D eigenvalue weighted by atomic mass is 10.0. The van der Waals surface area contributed by atoms with Gasteiger partial charge in [-0.05, 0) is 59.7 Å². The number of nitriles is 1. The molecule has 0 amide bonds. The van der Waals surface area contributed by atoms with Crippen LogP contribution in [0.25, 0.3) is 45.3 Å². The molecule has 0 atom stereocenters. The SMILES string of the molecule is N#Cc1ccc(-c2nc(-c3ccc(Cl)cc3)nc(-c3ccc(-c4ccccc4)cc3)n2)cc1. The van der Waals surface area contributed by atoms with Crippen molar-refractivity contribution in [2.75, 3.05) is 0 Å². The fraction of sp³-hybridized carbons (Fsp3) is 0. The zero-order chi connectivity index (χ0) is 22.6. The maximum atomic E-state index is 9.11. The van der Waals surface area contributed by atoms with Gasteiger partial charge in [-0.15, -0.1) is 0 Å². The average Bonchev–Trinajstić information content (AvgIpc) is 2.89. The molecule has 5 heteroatoms. The van der Waals surface area contributed by atoms with Crippen molar-refractivity contribution in [2.24, 2.45) is 0 Å². The highest BCUT2D eigenvalue weighted by atomic mass is 35.5. The van der Waals surface area contributed by atoms with E-state index in [0.29, 0.717) is 28.1 Å². The normalized spacial score (nSPS) is 10.5. The molecule has 0 N–H and O–H groups in total. The highest BCUT2D eigenvalue weighted by Crippen LogP contribution is 2.27. The number of nitrogens with zero attached hydrogens (tertiary/aromatic N) is 4. The molecule has 4 aromatic carbocycles. The van der Waals surface area contributed by atoms with Crippen LogP contribution in [-0.2, 0) is 0 Å². The summed E-state index contributed by atoms with van der Waals surface area (Å²) in [5, 5.41) is 9.76. The van der Waals surface area contributed by atoms with Gasteiger partial charge in [0.05, 0.1) is 11.6 Å². The topological polar surface area (TPSA) is 62.5 Å². The number of hydrogen-bond donors (Lipinski definition) is 0. The molecule has 1 aromatic heterocycles. The van der Waals surface area contributed by atoms with Crippen molar-refractivity contribution in [3.63, 3.8) is 0 Å². The summed E-state index contributed by atoms with van der Waals surface area (Å²) in [7, 11) is 0. The summed E-state index contributed by atoms with van der Waals surface area (Å²) in [5.74, 6) is 1.68. The first-order valence-corrected chi connectivity index (χ1v) is 10.8. The molecular formula is C28H17ClN4. The maximum absolute atomic E-state index is 9.11. The molecular weight excluding hydrogens is 428 g/mol. The Hall–Kier alpha value is -4.33. The van der Waals surface area contributed by atoms with Crippen LogP contribution < -0.4 is 0 Å². The molecule has 156 valence electrons. The number of halogens is 1. The van der Waals surface area contributed by atoms with Gasteiger partial charge in [-0.3, -0.25) is 0 Å². The monoisotopic (exact) mass is 444 g/mol. The summed E-state index contributed by atoms with van der Waals surface area (Å²) < 4.78 is 0. The molecule has 5 rings (SSSR count). The number of rotatable bonds is 4. The summed E-state index contributed by atoms with van der Waals surface area (Å²) >= 11 is 6.07. The van der Waals surface area contributed by atoms with E-state index < -0.39 is 0 Å². The first kappa shape index (κ1) is 20.6. The fourth-order valence-electron chi connectivity index (χ4n) is 3.50.